The number of rotatable bonds is 7. The maximum absolute atomic E-state index is 6.65. The summed E-state index contributed by atoms with van der Waals surface area (Å²) in [5, 5.41) is 2.12. The molecule has 0 radical (unpaired) electrons. The third kappa shape index (κ3) is 6.42. The average Bonchev–Trinajstić information content (AvgIpc) is 3.85. The van der Waals surface area contributed by atoms with Crippen molar-refractivity contribution < 1.29 is 4.42 Å². The second-order valence-electron chi connectivity index (χ2n) is 17.2. The number of furan rings is 1. The SMILES string of the molecule is CC1(C)c2ccccc2-c2cc(-c3cccc(-c4nc(-c5cccc(-c6ccccc6)c5)nc(-c5ccc6c(c5)oc5cccc(-c7cccc(-c8ccccc8)c7)c56)n4)c3)ccc21. The summed E-state index contributed by atoms with van der Waals surface area (Å²) in [5.41, 5.74) is 18.7. The predicted molar refractivity (Wildman–Crippen MR) is 263 cm³/mol. The first-order valence-electron chi connectivity index (χ1n) is 21.8. The summed E-state index contributed by atoms with van der Waals surface area (Å²) in [7, 11) is 0. The first-order valence-corrected chi connectivity index (χ1v) is 21.8. The molecule has 4 heteroatoms. The van der Waals surface area contributed by atoms with Crippen LogP contribution >= 0.6 is 0 Å². The van der Waals surface area contributed by atoms with Gasteiger partial charge in [-0.2, -0.15) is 0 Å². The van der Waals surface area contributed by atoms with Crippen LogP contribution in [0.5, 0.6) is 0 Å². The normalized spacial score (nSPS) is 12.7. The summed E-state index contributed by atoms with van der Waals surface area (Å²) >= 11 is 0. The van der Waals surface area contributed by atoms with Crippen LogP contribution in [0.4, 0.5) is 0 Å². The highest BCUT2D eigenvalue weighted by molar-refractivity contribution is 6.13. The van der Waals surface area contributed by atoms with Crippen molar-refractivity contribution in [1.29, 1.82) is 0 Å². The fourth-order valence-electron chi connectivity index (χ4n) is 9.67. The molecule has 2 aromatic heterocycles. The Bertz CT molecular complexity index is 3590. The zero-order valence-corrected chi connectivity index (χ0v) is 35.5. The van der Waals surface area contributed by atoms with Gasteiger partial charge < -0.3 is 4.42 Å². The molecule has 12 rings (SSSR count). The van der Waals surface area contributed by atoms with E-state index in [1.807, 2.05) is 12.1 Å². The van der Waals surface area contributed by atoms with Crippen LogP contribution in [0.2, 0.25) is 0 Å². The zero-order valence-electron chi connectivity index (χ0n) is 35.5. The number of aromatic nitrogens is 3. The molecule has 0 unspecified atom stereocenters. The van der Waals surface area contributed by atoms with Gasteiger partial charge in [0.05, 0.1) is 0 Å². The minimum absolute atomic E-state index is 0.0516. The highest BCUT2D eigenvalue weighted by atomic mass is 16.3. The number of hydrogen-bond donors (Lipinski definition) is 0. The van der Waals surface area contributed by atoms with Gasteiger partial charge in [0.1, 0.15) is 11.2 Å². The molecular weight excluding hydrogens is 779 g/mol. The summed E-state index contributed by atoms with van der Waals surface area (Å²) < 4.78 is 6.65. The molecule has 0 saturated carbocycles. The van der Waals surface area contributed by atoms with Crippen LogP contribution in [-0.4, -0.2) is 15.0 Å². The lowest BCUT2D eigenvalue weighted by molar-refractivity contribution is 0.660. The Morgan fingerprint density at radius 1 is 0.312 bits per heavy atom. The van der Waals surface area contributed by atoms with E-state index in [1.54, 1.807) is 0 Å². The Kier molecular flexibility index (Phi) is 8.80. The van der Waals surface area contributed by atoms with Gasteiger partial charge in [0, 0.05) is 32.9 Å². The molecule has 4 nitrogen and oxygen atoms in total. The van der Waals surface area contributed by atoms with Crippen molar-refractivity contribution in [2.24, 2.45) is 0 Å². The van der Waals surface area contributed by atoms with Crippen LogP contribution < -0.4 is 0 Å². The molecular formula is C60H41N3O. The number of fused-ring (bicyclic) bond motifs is 6. The number of benzene rings is 9. The van der Waals surface area contributed by atoms with E-state index < -0.39 is 0 Å². The van der Waals surface area contributed by atoms with E-state index in [4.69, 9.17) is 19.4 Å². The van der Waals surface area contributed by atoms with E-state index in [9.17, 15) is 0 Å². The second-order valence-corrected chi connectivity index (χ2v) is 17.2. The molecule has 1 aliphatic rings. The van der Waals surface area contributed by atoms with Gasteiger partial charge in [-0.3, -0.25) is 0 Å². The number of nitrogens with zero attached hydrogens (tertiary/aromatic N) is 3. The van der Waals surface area contributed by atoms with Crippen LogP contribution in [0.25, 0.3) is 112 Å². The van der Waals surface area contributed by atoms with E-state index in [2.05, 4.69) is 214 Å². The van der Waals surface area contributed by atoms with Crippen LogP contribution in [0.3, 0.4) is 0 Å². The van der Waals surface area contributed by atoms with Gasteiger partial charge in [-0.15, -0.1) is 0 Å². The molecule has 0 spiro atoms. The van der Waals surface area contributed by atoms with Crippen LogP contribution in [0.15, 0.2) is 217 Å². The van der Waals surface area contributed by atoms with E-state index in [0.717, 1.165) is 72.0 Å². The Labute approximate surface area is 372 Å². The van der Waals surface area contributed by atoms with Gasteiger partial charge >= 0.3 is 0 Å². The minimum Gasteiger partial charge on any atom is -0.456 e. The summed E-state index contributed by atoms with van der Waals surface area (Å²) in [6.45, 7) is 4.64. The highest BCUT2D eigenvalue weighted by Crippen LogP contribution is 2.49. The van der Waals surface area contributed by atoms with E-state index in [0.29, 0.717) is 17.5 Å². The molecule has 64 heavy (non-hydrogen) atoms. The monoisotopic (exact) mass is 819 g/mol. The average molecular weight is 820 g/mol. The van der Waals surface area contributed by atoms with Gasteiger partial charge in [-0.05, 0) is 109 Å². The quantitative estimate of drug-likeness (QED) is 0.161. The van der Waals surface area contributed by atoms with Gasteiger partial charge in [-0.1, -0.05) is 184 Å². The van der Waals surface area contributed by atoms with Crippen molar-refractivity contribution in [3.05, 3.63) is 223 Å². The lowest BCUT2D eigenvalue weighted by Crippen LogP contribution is -2.14. The standard InChI is InChI=1S/C60H41N3O/c1-60(2)52-27-10-9-25-49(52)51-36-43(30-32-53(51)60)42-21-13-24-46(35-42)58-61-57(45-23-12-20-41(34-45)39-17-7-4-8-18-39)62-59(63-58)47-29-31-50-55(37-47)64-54-28-14-26-48(56(50)54)44-22-11-19-40(33-44)38-15-5-3-6-16-38/h3-37H,1-2H3. The van der Waals surface area contributed by atoms with Crippen molar-refractivity contribution >= 4 is 21.9 Å². The van der Waals surface area contributed by atoms with Crippen LogP contribution in [0.1, 0.15) is 25.0 Å². The Balaban J connectivity index is 0.979. The van der Waals surface area contributed by atoms with Crippen molar-refractivity contribution in [1.82, 2.24) is 15.0 Å². The molecule has 9 aromatic carbocycles. The lowest BCUT2D eigenvalue weighted by atomic mass is 9.82. The molecule has 2 heterocycles. The molecule has 0 aliphatic heterocycles. The predicted octanol–water partition coefficient (Wildman–Crippen LogP) is 15.7. The second kappa shape index (κ2) is 15.0. The molecule has 0 amide bonds. The molecule has 0 fully saturated rings. The Morgan fingerprint density at radius 2 is 0.766 bits per heavy atom. The molecule has 0 saturated heterocycles. The summed E-state index contributed by atoms with van der Waals surface area (Å²) in [4.78, 5) is 15.6. The smallest absolute Gasteiger partial charge is 0.164 e. The maximum atomic E-state index is 6.65. The summed E-state index contributed by atoms with van der Waals surface area (Å²) in [6.07, 6.45) is 0. The van der Waals surface area contributed by atoms with Crippen molar-refractivity contribution in [3.63, 3.8) is 0 Å². The Morgan fingerprint density at radius 3 is 1.42 bits per heavy atom. The van der Waals surface area contributed by atoms with Crippen molar-refractivity contribution in [2.45, 2.75) is 19.3 Å². The minimum atomic E-state index is -0.0516. The molecule has 302 valence electrons. The number of hydrogen-bond acceptors (Lipinski definition) is 4. The zero-order chi connectivity index (χ0) is 42.8. The van der Waals surface area contributed by atoms with Gasteiger partial charge in [0.25, 0.3) is 0 Å². The first kappa shape index (κ1) is 37.5. The lowest BCUT2D eigenvalue weighted by Gasteiger charge is -2.21. The fourth-order valence-corrected chi connectivity index (χ4v) is 9.67. The van der Waals surface area contributed by atoms with Gasteiger partial charge in [-0.25, -0.2) is 15.0 Å². The van der Waals surface area contributed by atoms with Crippen LogP contribution in [-0.2, 0) is 5.41 Å². The molecule has 0 atom stereocenters. The topological polar surface area (TPSA) is 51.8 Å². The Hall–Kier alpha value is -8.21. The first-order chi connectivity index (χ1) is 31.4. The maximum Gasteiger partial charge on any atom is 0.164 e. The van der Waals surface area contributed by atoms with E-state index in [-0.39, 0.29) is 5.41 Å². The molecule has 0 N–H and O–H groups in total. The van der Waals surface area contributed by atoms with Crippen molar-refractivity contribution in [3.8, 4) is 89.8 Å². The highest BCUT2D eigenvalue weighted by Gasteiger charge is 2.35. The fraction of sp³-hybridized carbons (Fsp3) is 0.0500. The molecule has 1 aliphatic carbocycles. The van der Waals surface area contributed by atoms with E-state index >= 15 is 0 Å². The third-order valence-electron chi connectivity index (χ3n) is 12.9. The third-order valence-corrected chi connectivity index (χ3v) is 12.9. The van der Waals surface area contributed by atoms with E-state index in [1.165, 1.54) is 33.4 Å². The molecule has 11 aromatic rings. The van der Waals surface area contributed by atoms with Crippen molar-refractivity contribution in [2.75, 3.05) is 0 Å². The van der Waals surface area contributed by atoms with Gasteiger partial charge in [0.15, 0.2) is 17.5 Å². The molecule has 0 bridgehead atoms. The van der Waals surface area contributed by atoms with Gasteiger partial charge in [0.2, 0.25) is 0 Å². The summed E-state index contributed by atoms with van der Waals surface area (Å²) in [5.74, 6) is 1.78. The largest absolute Gasteiger partial charge is 0.456 e. The van der Waals surface area contributed by atoms with Crippen LogP contribution in [0, 0.1) is 0 Å². The summed E-state index contributed by atoms with van der Waals surface area (Å²) in [6, 6.07) is 75.0.